The number of carbonyl (C=O) groups is 5. The van der Waals surface area contributed by atoms with Crippen molar-refractivity contribution in [3.63, 3.8) is 0 Å². The summed E-state index contributed by atoms with van der Waals surface area (Å²) in [6.07, 6.45) is -2.49. The molecular weight excluding hydrogens is 774 g/mol. The summed E-state index contributed by atoms with van der Waals surface area (Å²) in [5.74, 6) is -9.89. The fourth-order valence-corrected chi connectivity index (χ4v) is 7.66. The van der Waals surface area contributed by atoms with E-state index in [4.69, 9.17) is 23.7 Å². The third-order valence-electron chi connectivity index (χ3n) is 10.9. The molecule has 1 aliphatic carbocycles. The summed E-state index contributed by atoms with van der Waals surface area (Å²) in [5.41, 5.74) is -5.03. The molecule has 322 valence electrons. The van der Waals surface area contributed by atoms with Crippen LogP contribution in [0.1, 0.15) is 83.8 Å². The second kappa shape index (κ2) is 17.5. The predicted octanol–water partition coefficient (Wildman–Crippen LogP) is 2.79. The summed E-state index contributed by atoms with van der Waals surface area (Å²) in [6, 6.07) is 0. The highest BCUT2D eigenvalue weighted by Gasteiger charge is 2.50. The van der Waals surface area contributed by atoms with E-state index in [-0.39, 0.29) is 61.9 Å². The van der Waals surface area contributed by atoms with Crippen molar-refractivity contribution in [3.8, 4) is 11.5 Å². The Hall–Kier alpha value is -5.33. The molecule has 0 saturated carbocycles. The molecule has 0 unspecified atom stereocenters. The van der Waals surface area contributed by atoms with Gasteiger partial charge < -0.3 is 59.6 Å². The maximum absolute atomic E-state index is 14.0. The second-order valence-electron chi connectivity index (χ2n) is 15.6. The summed E-state index contributed by atoms with van der Waals surface area (Å²) in [6.45, 7) is 12.5. The summed E-state index contributed by atoms with van der Waals surface area (Å²) in [4.78, 5) is 66.1. The molecule has 1 aromatic rings. The number of esters is 3. The van der Waals surface area contributed by atoms with Crippen LogP contribution < -0.4 is 10.1 Å². The molecule has 0 aromatic heterocycles. The number of hydrogen-bond acceptors (Lipinski definition) is 16. The van der Waals surface area contributed by atoms with Crippen molar-refractivity contribution in [2.24, 2.45) is 17.8 Å². The molecule has 0 fully saturated rings. The minimum atomic E-state index is -2.26. The van der Waals surface area contributed by atoms with E-state index in [1.165, 1.54) is 73.6 Å². The Labute approximate surface area is 341 Å². The number of phenols is 1. The molecule has 0 spiro atoms. The van der Waals surface area contributed by atoms with Crippen molar-refractivity contribution in [1.29, 1.82) is 0 Å². The van der Waals surface area contributed by atoms with Gasteiger partial charge in [0.05, 0.1) is 42.2 Å². The lowest BCUT2D eigenvalue weighted by Gasteiger charge is -2.41. The van der Waals surface area contributed by atoms with Gasteiger partial charge in [-0.05, 0) is 53.2 Å². The number of carbonyl (C=O) groups excluding carboxylic acids is 5. The minimum absolute atomic E-state index is 0.00133. The van der Waals surface area contributed by atoms with Crippen LogP contribution in [-0.4, -0.2) is 110 Å². The number of aliphatic hydroxyl groups excluding tert-OH is 3. The van der Waals surface area contributed by atoms with E-state index in [1.54, 1.807) is 0 Å². The number of Topliss-reactive ketones (excluding diaryl/α,β-unsaturated/α-hetero) is 1. The first-order valence-electron chi connectivity index (χ1n) is 18.8. The fraction of sp³-hybridized carbons (Fsp3) is 0.500. The highest BCUT2D eigenvalue weighted by molar-refractivity contribution is 6.21. The van der Waals surface area contributed by atoms with Gasteiger partial charge in [0.25, 0.3) is 5.91 Å². The van der Waals surface area contributed by atoms with Gasteiger partial charge in [0, 0.05) is 48.0 Å². The van der Waals surface area contributed by atoms with Gasteiger partial charge in [0.15, 0.2) is 11.5 Å². The van der Waals surface area contributed by atoms with Crippen molar-refractivity contribution >= 4 is 40.9 Å². The molecule has 17 nitrogen and oxygen atoms in total. The molecule has 1 amide bonds. The molecule has 3 aliphatic heterocycles. The molecule has 7 N–H and O–H groups in total. The Balaban J connectivity index is 2.12. The number of hydrogen-bond donors (Lipinski definition) is 7. The average Bonchev–Trinajstić information content (AvgIpc) is 3.16. The van der Waals surface area contributed by atoms with Crippen LogP contribution in [0.3, 0.4) is 0 Å². The van der Waals surface area contributed by atoms with Gasteiger partial charge in [-0.25, -0.2) is 0 Å². The number of allylic oxidation sites excluding steroid dienone is 5. The number of methoxy groups -OCH3 is 1. The number of rotatable bonds is 3. The zero-order valence-electron chi connectivity index (χ0n) is 34.8. The molecule has 0 radical (unpaired) electrons. The van der Waals surface area contributed by atoms with Crippen molar-refractivity contribution in [3.05, 3.63) is 69.2 Å². The molecule has 3 heterocycles. The number of ketones is 1. The third kappa shape index (κ3) is 8.99. The topological polar surface area (TPSA) is 265 Å². The minimum Gasteiger partial charge on any atom is -0.505 e. The van der Waals surface area contributed by atoms with Gasteiger partial charge >= 0.3 is 17.9 Å². The monoisotopic (exact) mass is 827 g/mol. The second-order valence-corrected chi connectivity index (χ2v) is 15.6. The summed E-state index contributed by atoms with van der Waals surface area (Å²) < 4.78 is 27.9. The molecule has 59 heavy (non-hydrogen) atoms. The van der Waals surface area contributed by atoms with Crippen LogP contribution in [-0.2, 0) is 38.1 Å². The molecule has 17 heteroatoms. The van der Waals surface area contributed by atoms with Crippen molar-refractivity contribution in [2.45, 2.75) is 105 Å². The number of ether oxygens (including phenoxy) is 5. The van der Waals surface area contributed by atoms with Gasteiger partial charge in [0.2, 0.25) is 6.79 Å². The standard InChI is InChI=1S/C42H53NO16/c1-17-13-12-14-41(9,53)37(49)21(5)31(47)28(40(52)55-11)36(59-24(8)45)22(6)38(50)42(10,54)15-18(2)33-27-25-26(30(46)20(4)34(27)57-16-56-33)32(48)29(43-39(17)51)19(3)35(25)58-23(7)44/h12-15,21-22,28,31,36-38,47-50,53-54H,16H2,1-11H3,(H,43,51)/b14-12-,17-13+,18-15-/t21-,22-,28+,31-,36+,37+,38+,41-,42+/m0/s1. The van der Waals surface area contributed by atoms with Gasteiger partial charge in [-0.1, -0.05) is 32.1 Å². The molecule has 0 saturated heterocycles. The number of phenolic OH excluding ortho intramolecular Hbond substituents is 1. The van der Waals surface area contributed by atoms with Gasteiger partial charge in [-0.3, -0.25) is 24.0 Å². The number of aliphatic hydroxyl groups is 5. The lowest BCUT2D eigenvalue weighted by Crippen LogP contribution is -2.55. The zero-order chi connectivity index (χ0) is 44.6. The number of benzene rings is 1. The van der Waals surface area contributed by atoms with E-state index in [0.29, 0.717) is 0 Å². The van der Waals surface area contributed by atoms with Crippen LogP contribution >= 0.6 is 0 Å². The lowest BCUT2D eigenvalue weighted by molar-refractivity contribution is -0.183. The molecule has 1 aromatic carbocycles. The number of amides is 1. The van der Waals surface area contributed by atoms with Crippen LogP contribution in [0.4, 0.5) is 5.69 Å². The first-order chi connectivity index (χ1) is 27.3. The van der Waals surface area contributed by atoms with Crippen LogP contribution in [0.15, 0.2) is 52.5 Å². The molecule has 4 aliphatic rings. The van der Waals surface area contributed by atoms with Crippen LogP contribution in [0, 0.1) is 24.7 Å². The number of nitrogens with one attached hydrogen (secondary N) is 1. The Bertz CT molecular complexity index is 2090. The van der Waals surface area contributed by atoms with Crippen LogP contribution in [0.5, 0.6) is 11.5 Å². The van der Waals surface area contributed by atoms with Gasteiger partial charge in [-0.15, -0.1) is 0 Å². The summed E-state index contributed by atoms with van der Waals surface area (Å²) in [5, 5.41) is 72.5. The van der Waals surface area contributed by atoms with Crippen molar-refractivity contribution in [2.75, 3.05) is 19.2 Å². The molecule has 9 atom stereocenters. The Morgan fingerprint density at radius 3 is 2.03 bits per heavy atom. The highest BCUT2D eigenvalue weighted by Crippen LogP contribution is 2.53. The first kappa shape index (κ1) is 46.4. The van der Waals surface area contributed by atoms with E-state index in [9.17, 15) is 54.6 Å². The first-order valence-corrected chi connectivity index (χ1v) is 18.8. The summed E-state index contributed by atoms with van der Waals surface area (Å²) >= 11 is 0. The van der Waals surface area contributed by atoms with Crippen LogP contribution in [0.25, 0.3) is 5.57 Å². The van der Waals surface area contributed by atoms with Crippen LogP contribution in [0.2, 0.25) is 0 Å². The van der Waals surface area contributed by atoms with E-state index >= 15 is 0 Å². The SMILES string of the molecule is COC(=O)[C@@H]1[C@@H](O)[C@H](C)[C@@H](O)[C@@](C)(O)/C=C\C=C(/C)C(=O)Nc2c(C)c(OC(C)=O)c3c(c2O)C(=O)C(C)=C2OCOC(=C23)/C(C)=C\[C@@](C)(O)[C@H](O)[C@@H](C)[C@H]1OC(C)=O. The smallest absolute Gasteiger partial charge is 0.315 e. The van der Waals surface area contributed by atoms with E-state index in [1.807, 2.05) is 0 Å². The zero-order valence-corrected chi connectivity index (χ0v) is 34.8. The molecular formula is C42H53NO16. The van der Waals surface area contributed by atoms with Crippen molar-refractivity contribution in [1.82, 2.24) is 0 Å². The fourth-order valence-electron chi connectivity index (χ4n) is 7.66. The average molecular weight is 828 g/mol. The maximum atomic E-state index is 14.0. The normalized spacial score (nSPS) is 33.0. The van der Waals surface area contributed by atoms with Gasteiger partial charge in [0.1, 0.15) is 40.5 Å². The largest absolute Gasteiger partial charge is 0.505 e. The number of aromatic hydroxyl groups is 1. The van der Waals surface area contributed by atoms with E-state index in [0.717, 1.165) is 27.0 Å². The van der Waals surface area contributed by atoms with E-state index in [2.05, 4.69) is 5.32 Å². The number of anilines is 1. The number of fused-ring (bicyclic) bond motifs is 14. The Kier molecular flexibility index (Phi) is 13.7. The van der Waals surface area contributed by atoms with Crippen molar-refractivity contribution < 1.29 is 78.3 Å². The molecule has 4 bridgehead atoms. The maximum Gasteiger partial charge on any atom is 0.315 e. The lowest BCUT2D eigenvalue weighted by atomic mass is 9.74. The van der Waals surface area contributed by atoms with E-state index < -0.39 is 95.5 Å². The summed E-state index contributed by atoms with van der Waals surface area (Å²) in [7, 11) is 1.01. The predicted molar refractivity (Wildman–Crippen MR) is 209 cm³/mol. The quantitative estimate of drug-likeness (QED) is 0.131. The van der Waals surface area contributed by atoms with Gasteiger partial charge in [-0.2, -0.15) is 0 Å². The Morgan fingerprint density at radius 2 is 1.46 bits per heavy atom. The Morgan fingerprint density at radius 1 is 0.864 bits per heavy atom. The third-order valence-corrected chi connectivity index (χ3v) is 10.9. The highest BCUT2D eigenvalue weighted by atomic mass is 16.7. The molecule has 5 rings (SSSR count).